The van der Waals surface area contributed by atoms with Gasteiger partial charge in [-0.2, -0.15) is 0 Å². The van der Waals surface area contributed by atoms with E-state index in [1.807, 2.05) is 0 Å². The predicted octanol–water partition coefficient (Wildman–Crippen LogP) is 4.47. The van der Waals surface area contributed by atoms with Gasteiger partial charge in [0.2, 0.25) is 0 Å². The molecule has 1 aromatic carbocycles. The molecule has 0 amide bonds. The van der Waals surface area contributed by atoms with Crippen molar-refractivity contribution in [3.8, 4) is 0 Å². The van der Waals surface area contributed by atoms with E-state index in [0.717, 1.165) is 36.8 Å². The third kappa shape index (κ3) is 5.84. The number of hydrogen-bond donors (Lipinski definition) is 1. The van der Waals surface area contributed by atoms with Crippen molar-refractivity contribution >= 4 is 17.3 Å². The highest BCUT2D eigenvalue weighted by Crippen LogP contribution is 2.26. The maximum absolute atomic E-state index is 6.38. The Bertz CT molecular complexity index is 366. The van der Waals surface area contributed by atoms with Gasteiger partial charge in [0.1, 0.15) is 0 Å². The first-order valence-electron chi connectivity index (χ1n) is 7.39. The lowest BCUT2D eigenvalue weighted by atomic mass is 10.1. The lowest BCUT2D eigenvalue weighted by molar-refractivity contribution is 0.675. The van der Waals surface area contributed by atoms with Crippen molar-refractivity contribution in [3.05, 3.63) is 28.8 Å². The summed E-state index contributed by atoms with van der Waals surface area (Å²) in [6.07, 6.45) is 4.92. The van der Waals surface area contributed by atoms with Gasteiger partial charge in [-0.3, -0.25) is 0 Å². The van der Waals surface area contributed by atoms with Gasteiger partial charge in [0.25, 0.3) is 0 Å². The van der Waals surface area contributed by atoms with E-state index in [-0.39, 0.29) is 0 Å². The normalized spacial score (nSPS) is 10.7. The van der Waals surface area contributed by atoms with Crippen LogP contribution in [0.25, 0.3) is 0 Å². The molecule has 19 heavy (non-hydrogen) atoms. The number of nitrogens with one attached hydrogen (secondary N) is 1. The monoisotopic (exact) mass is 282 g/mol. The molecule has 0 saturated carbocycles. The van der Waals surface area contributed by atoms with Crippen molar-refractivity contribution in [2.75, 3.05) is 25.0 Å². The second kappa shape index (κ2) is 9.22. The Kier molecular flexibility index (Phi) is 7.92. The minimum atomic E-state index is 0.856. The summed E-state index contributed by atoms with van der Waals surface area (Å²) in [6.45, 7) is 7.42. The van der Waals surface area contributed by atoms with Crippen LogP contribution >= 0.6 is 11.6 Å². The number of hydrogen-bond acceptors (Lipinski definition) is 2. The van der Waals surface area contributed by atoms with Gasteiger partial charge in [0.15, 0.2) is 0 Å². The van der Waals surface area contributed by atoms with Gasteiger partial charge in [0.05, 0.1) is 10.7 Å². The van der Waals surface area contributed by atoms with Crippen LogP contribution in [-0.2, 0) is 6.54 Å². The smallest absolute Gasteiger partial charge is 0.0642 e. The van der Waals surface area contributed by atoms with Crippen LogP contribution in [-0.4, -0.2) is 20.1 Å². The maximum atomic E-state index is 6.38. The van der Waals surface area contributed by atoms with Gasteiger partial charge >= 0.3 is 0 Å². The van der Waals surface area contributed by atoms with Crippen LogP contribution in [0.1, 0.15) is 45.1 Å². The quantitative estimate of drug-likeness (QED) is 0.673. The molecule has 1 aromatic rings. The molecule has 1 N–H and O–H groups in total. The summed E-state index contributed by atoms with van der Waals surface area (Å²) in [5.74, 6) is 0. The lowest BCUT2D eigenvalue weighted by Crippen LogP contribution is -2.19. The fourth-order valence-corrected chi connectivity index (χ4v) is 2.45. The molecule has 0 aliphatic carbocycles. The molecule has 0 atom stereocenters. The molecule has 0 aromatic heterocycles. The highest BCUT2D eigenvalue weighted by molar-refractivity contribution is 6.33. The van der Waals surface area contributed by atoms with E-state index in [9.17, 15) is 0 Å². The molecule has 0 aliphatic heterocycles. The first-order chi connectivity index (χ1) is 9.19. The van der Waals surface area contributed by atoms with Crippen LogP contribution in [0.15, 0.2) is 18.2 Å². The Labute approximate surface area is 123 Å². The Hall–Kier alpha value is -0.730. The summed E-state index contributed by atoms with van der Waals surface area (Å²) in [5.41, 5.74) is 2.39. The van der Waals surface area contributed by atoms with Crippen molar-refractivity contribution in [1.29, 1.82) is 0 Å². The number of benzene rings is 1. The molecule has 0 unspecified atom stereocenters. The molecule has 2 nitrogen and oxygen atoms in total. The van der Waals surface area contributed by atoms with Gasteiger partial charge in [-0.1, -0.05) is 44.4 Å². The molecule has 0 saturated heterocycles. The minimum absolute atomic E-state index is 0.856. The second-order valence-corrected chi connectivity index (χ2v) is 5.50. The number of halogens is 1. The Morgan fingerprint density at radius 1 is 1.16 bits per heavy atom. The average Bonchev–Trinajstić information content (AvgIpc) is 2.39. The standard InChI is InChI=1S/C16H27ClN2/c1-4-6-7-11-19(3)16-9-8-14(12-15(16)17)13-18-10-5-2/h8-9,12,18H,4-7,10-11,13H2,1-3H3. The van der Waals surface area contributed by atoms with E-state index in [4.69, 9.17) is 11.6 Å². The fourth-order valence-electron chi connectivity index (χ4n) is 2.10. The summed E-state index contributed by atoms with van der Waals surface area (Å²) in [7, 11) is 2.12. The molecule has 0 fully saturated rings. The van der Waals surface area contributed by atoms with Crippen LogP contribution < -0.4 is 10.2 Å². The molecule has 0 aliphatic rings. The lowest BCUT2D eigenvalue weighted by Gasteiger charge is -2.21. The van der Waals surface area contributed by atoms with E-state index in [1.54, 1.807) is 0 Å². The Morgan fingerprint density at radius 3 is 2.58 bits per heavy atom. The van der Waals surface area contributed by atoms with E-state index in [2.05, 4.69) is 49.3 Å². The molecule has 108 valence electrons. The molecule has 0 radical (unpaired) electrons. The van der Waals surface area contributed by atoms with Gasteiger partial charge < -0.3 is 10.2 Å². The summed E-state index contributed by atoms with van der Waals surface area (Å²) in [5, 5.41) is 4.25. The highest BCUT2D eigenvalue weighted by Gasteiger charge is 2.06. The molecule has 3 heteroatoms. The predicted molar refractivity (Wildman–Crippen MR) is 86.2 cm³/mol. The van der Waals surface area contributed by atoms with Crippen molar-refractivity contribution in [3.63, 3.8) is 0 Å². The Morgan fingerprint density at radius 2 is 1.95 bits per heavy atom. The molecule has 0 spiro atoms. The summed E-state index contributed by atoms with van der Waals surface area (Å²) in [6, 6.07) is 6.38. The maximum Gasteiger partial charge on any atom is 0.0642 e. The Balaban J connectivity index is 2.55. The van der Waals surface area contributed by atoms with Crippen molar-refractivity contribution in [2.24, 2.45) is 0 Å². The summed E-state index contributed by atoms with van der Waals surface area (Å²) < 4.78 is 0. The number of anilines is 1. The van der Waals surface area contributed by atoms with Crippen LogP contribution in [0.3, 0.4) is 0 Å². The first kappa shape index (κ1) is 16.3. The molecule has 0 bridgehead atoms. The van der Waals surface area contributed by atoms with E-state index >= 15 is 0 Å². The zero-order chi connectivity index (χ0) is 14.1. The third-order valence-electron chi connectivity index (χ3n) is 3.28. The summed E-state index contributed by atoms with van der Waals surface area (Å²) >= 11 is 6.38. The third-order valence-corrected chi connectivity index (χ3v) is 3.58. The van der Waals surface area contributed by atoms with Crippen molar-refractivity contribution in [2.45, 2.75) is 46.1 Å². The van der Waals surface area contributed by atoms with Crippen LogP contribution in [0.2, 0.25) is 5.02 Å². The topological polar surface area (TPSA) is 15.3 Å². The average molecular weight is 283 g/mol. The zero-order valence-corrected chi connectivity index (χ0v) is 13.3. The van der Waals surface area contributed by atoms with Gasteiger partial charge in [-0.15, -0.1) is 0 Å². The molecule has 0 heterocycles. The van der Waals surface area contributed by atoms with Gasteiger partial charge in [-0.05, 0) is 37.1 Å². The van der Waals surface area contributed by atoms with E-state index in [0.29, 0.717) is 0 Å². The van der Waals surface area contributed by atoms with Crippen molar-refractivity contribution in [1.82, 2.24) is 5.32 Å². The molecular weight excluding hydrogens is 256 g/mol. The van der Waals surface area contributed by atoms with Gasteiger partial charge in [-0.25, -0.2) is 0 Å². The first-order valence-corrected chi connectivity index (χ1v) is 7.77. The number of nitrogens with zero attached hydrogens (tertiary/aromatic N) is 1. The van der Waals surface area contributed by atoms with E-state index < -0.39 is 0 Å². The number of rotatable bonds is 9. The van der Waals surface area contributed by atoms with Crippen LogP contribution in [0.4, 0.5) is 5.69 Å². The van der Waals surface area contributed by atoms with E-state index in [1.165, 1.54) is 24.8 Å². The number of unbranched alkanes of at least 4 members (excludes halogenated alkanes) is 2. The largest absolute Gasteiger partial charge is 0.373 e. The van der Waals surface area contributed by atoms with Crippen LogP contribution in [0, 0.1) is 0 Å². The SMILES string of the molecule is CCCCCN(C)c1ccc(CNCCC)cc1Cl. The van der Waals surface area contributed by atoms with Crippen LogP contribution in [0.5, 0.6) is 0 Å². The van der Waals surface area contributed by atoms with Crippen molar-refractivity contribution < 1.29 is 0 Å². The highest BCUT2D eigenvalue weighted by atomic mass is 35.5. The summed E-state index contributed by atoms with van der Waals surface area (Å²) in [4.78, 5) is 2.25. The zero-order valence-electron chi connectivity index (χ0n) is 12.5. The molecule has 1 rings (SSSR count). The molecular formula is C16H27ClN2. The minimum Gasteiger partial charge on any atom is -0.373 e. The van der Waals surface area contributed by atoms with Gasteiger partial charge in [0, 0.05) is 20.1 Å². The second-order valence-electron chi connectivity index (χ2n) is 5.09. The fraction of sp³-hybridized carbons (Fsp3) is 0.625.